The molecule has 0 radical (unpaired) electrons. The van der Waals surface area contributed by atoms with Crippen molar-refractivity contribution in [1.29, 1.82) is 0 Å². The van der Waals surface area contributed by atoms with Gasteiger partial charge in [-0.1, -0.05) is 0 Å². The molecule has 3 heteroatoms. The molecule has 0 fully saturated rings. The van der Waals surface area contributed by atoms with Crippen molar-refractivity contribution in [2.24, 2.45) is 4.99 Å². The van der Waals surface area contributed by atoms with Crippen molar-refractivity contribution in [3.63, 3.8) is 0 Å². The van der Waals surface area contributed by atoms with E-state index in [1.807, 2.05) is 13.8 Å². The van der Waals surface area contributed by atoms with E-state index >= 15 is 0 Å². The van der Waals surface area contributed by atoms with E-state index in [-0.39, 0.29) is 0 Å². The normalized spacial score (nSPS) is 11.1. The predicted octanol–water partition coefficient (Wildman–Crippen LogP) is 3.07. The first-order chi connectivity index (χ1) is 4.75. The van der Waals surface area contributed by atoms with Gasteiger partial charge in [-0.2, -0.15) is 0 Å². The highest BCUT2D eigenvalue weighted by atomic mass is 32.1. The van der Waals surface area contributed by atoms with Crippen LogP contribution in [0, 0.1) is 6.92 Å². The zero-order valence-electron chi connectivity index (χ0n) is 5.96. The highest BCUT2D eigenvalue weighted by Gasteiger charge is 2.00. The number of thiol groups is 1. The lowest BCUT2D eigenvalue weighted by atomic mass is 10.4. The summed E-state index contributed by atoms with van der Waals surface area (Å²) >= 11 is 5.92. The maximum absolute atomic E-state index is 4.29. The molecule has 0 amide bonds. The number of nitrogens with zero attached hydrogens (tertiary/aromatic N) is 1. The smallest absolute Gasteiger partial charge is 0.129 e. The van der Waals surface area contributed by atoms with Gasteiger partial charge in [0.2, 0.25) is 0 Å². The van der Waals surface area contributed by atoms with Crippen molar-refractivity contribution in [2.75, 3.05) is 0 Å². The number of aryl methyl sites for hydroxylation is 1. The molecule has 1 heterocycles. The second kappa shape index (κ2) is 3.21. The number of rotatable bonds is 1. The third-order valence-corrected chi connectivity index (χ3v) is 2.89. The fourth-order valence-electron chi connectivity index (χ4n) is 0.633. The standard InChI is InChI=1S/C7H9NS2/c1-3-8-7-6(9)5(2)4-10-7/h3-4,9H,1-2H3/b8-3-. The van der Waals surface area contributed by atoms with E-state index in [0.717, 1.165) is 9.90 Å². The van der Waals surface area contributed by atoms with E-state index in [9.17, 15) is 0 Å². The Balaban J connectivity index is 3.05. The topological polar surface area (TPSA) is 12.4 Å². The first-order valence-electron chi connectivity index (χ1n) is 3.01. The molecule has 0 unspecified atom stereocenters. The zero-order valence-corrected chi connectivity index (χ0v) is 7.67. The van der Waals surface area contributed by atoms with Crippen LogP contribution in [0.3, 0.4) is 0 Å². The summed E-state index contributed by atoms with van der Waals surface area (Å²) in [5.74, 6) is 0. The van der Waals surface area contributed by atoms with Gasteiger partial charge in [0.1, 0.15) is 5.00 Å². The molecular weight excluding hydrogens is 162 g/mol. The molecule has 1 nitrogen and oxygen atoms in total. The molecule has 0 bridgehead atoms. The largest absolute Gasteiger partial charge is 0.249 e. The summed E-state index contributed by atoms with van der Waals surface area (Å²) in [6.45, 7) is 3.94. The second-order valence-electron chi connectivity index (χ2n) is 1.96. The fourth-order valence-corrected chi connectivity index (χ4v) is 1.85. The van der Waals surface area contributed by atoms with Crippen LogP contribution < -0.4 is 0 Å². The average molecular weight is 171 g/mol. The molecule has 0 spiro atoms. The summed E-state index contributed by atoms with van der Waals surface area (Å²) in [6, 6.07) is 0. The van der Waals surface area contributed by atoms with E-state index in [2.05, 4.69) is 23.0 Å². The Kier molecular flexibility index (Phi) is 2.51. The maximum atomic E-state index is 4.29. The minimum absolute atomic E-state index is 1.00. The van der Waals surface area contributed by atoms with Crippen molar-refractivity contribution in [3.8, 4) is 0 Å². The minimum atomic E-state index is 1.00. The molecule has 0 N–H and O–H groups in total. The number of hydrogen-bond acceptors (Lipinski definition) is 3. The van der Waals surface area contributed by atoms with Crippen LogP contribution in [-0.4, -0.2) is 6.21 Å². The molecule has 10 heavy (non-hydrogen) atoms. The van der Waals surface area contributed by atoms with Gasteiger partial charge in [-0.05, 0) is 24.8 Å². The lowest BCUT2D eigenvalue weighted by Crippen LogP contribution is -1.63. The molecule has 0 saturated carbocycles. The van der Waals surface area contributed by atoms with Gasteiger partial charge in [-0.15, -0.1) is 24.0 Å². The Labute approximate surface area is 70.2 Å². The molecule has 0 saturated heterocycles. The average Bonchev–Trinajstić information content (AvgIpc) is 2.20. The second-order valence-corrected chi connectivity index (χ2v) is 3.27. The molecule has 0 aliphatic heterocycles. The number of aliphatic imine (C=N–C) groups is 1. The van der Waals surface area contributed by atoms with E-state index in [1.165, 1.54) is 5.56 Å². The number of hydrogen-bond donors (Lipinski definition) is 1. The van der Waals surface area contributed by atoms with Crippen LogP contribution in [0.4, 0.5) is 5.00 Å². The summed E-state index contributed by atoms with van der Waals surface area (Å²) in [5, 5.41) is 3.06. The van der Waals surface area contributed by atoms with Crippen LogP contribution in [0.1, 0.15) is 12.5 Å². The molecule has 1 aromatic rings. The van der Waals surface area contributed by atoms with Crippen molar-refractivity contribution < 1.29 is 0 Å². The van der Waals surface area contributed by atoms with Crippen molar-refractivity contribution in [1.82, 2.24) is 0 Å². The van der Waals surface area contributed by atoms with Gasteiger partial charge in [0.15, 0.2) is 0 Å². The van der Waals surface area contributed by atoms with Crippen molar-refractivity contribution in [3.05, 3.63) is 10.9 Å². The molecule has 54 valence electrons. The third kappa shape index (κ3) is 1.41. The summed E-state index contributed by atoms with van der Waals surface area (Å²) in [4.78, 5) is 5.15. The molecule has 0 aromatic carbocycles. The zero-order chi connectivity index (χ0) is 7.56. The van der Waals surface area contributed by atoms with Gasteiger partial charge in [-0.3, -0.25) is 0 Å². The van der Waals surface area contributed by atoms with Crippen LogP contribution in [0.2, 0.25) is 0 Å². The van der Waals surface area contributed by atoms with Crippen LogP contribution in [0.5, 0.6) is 0 Å². The Hall–Kier alpha value is -0.280. The Morgan fingerprint density at radius 3 is 2.80 bits per heavy atom. The van der Waals surface area contributed by atoms with Gasteiger partial charge in [0.25, 0.3) is 0 Å². The lowest BCUT2D eigenvalue weighted by Gasteiger charge is -1.87. The van der Waals surface area contributed by atoms with Gasteiger partial charge in [0, 0.05) is 11.1 Å². The fraction of sp³-hybridized carbons (Fsp3) is 0.286. The first kappa shape index (κ1) is 7.82. The first-order valence-corrected chi connectivity index (χ1v) is 4.34. The van der Waals surface area contributed by atoms with E-state index in [0.29, 0.717) is 0 Å². The van der Waals surface area contributed by atoms with Crippen LogP contribution in [0.15, 0.2) is 15.3 Å². The van der Waals surface area contributed by atoms with Gasteiger partial charge in [-0.25, -0.2) is 4.99 Å². The van der Waals surface area contributed by atoms with E-state index < -0.39 is 0 Å². The van der Waals surface area contributed by atoms with Crippen LogP contribution >= 0.6 is 24.0 Å². The van der Waals surface area contributed by atoms with E-state index in [4.69, 9.17) is 0 Å². The van der Waals surface area contributed by atoms with Crippen molar-refractivity contribution >= 4 is 35.2 Å². The Morgan fingerprint density at radius 1 is 1.70 bits per heavy atom. The molecular formula is C7H9NS2. The highest BCUT2D eigenvalue weighted by Crippen LogP contribution is 2.32. The molecule has 0 aliphatic rings. The third-order valence-electron chi connectivity index (χ3n) is 1.17. The van der Waals surface area contributed by atoms with Crippen LogP contribution in [0.25, 0.3) is 0 Å². The summed E-state index contributed by atoms with van der Waals surface area (Å²) in [7, 11) is 0. The molecule has 1 aromatic heterocycles. The summed E-state index contributed by atoms with van der Waals surface area (Å²) in [5.41, 5.74) is 1.20. The number of thiophene rings is 1. The monoisotopic (exact) mass is 171 g/mol. The highest BCUT2D eigenvalue weighted by molar-refractivity contribution is 7.80. The quantitative estimate of drug-likeness (QED) is 0.492. The van der Waals surface area contributed by atoms with Gasteiger partial charge < -0.3 is 0 Å². The lowest BCUT2D eigenvalue weighted by molar-refractivity contribution is 1.36. The van der Waals surface area contributed by atoms with Crippen molar-refractivity contribution in [2.45, 2.75) is 18.7 Å². The Bertz CT molecular complexity index is 250. The SMILES string of the molecule is C/C=N\c1scc(C)c1S. The van der Waals surface area contributed by atoms with E-state index in [1.54, 1.807) is 17.6 Å². The predicted molar refractivity (Wildman–Crippen MR) is 50.1 cm³/mol. The summed E-state index contributed by atoms with van der Waals surface area (Å²) < 4.78 is 0. The minimum Gasteiger partial charge on any atom is -0.249 e. The Morgan fingerprint density at radius 2 is 2.40 bits per heavy atom. The van der Waals surface area contributed by atoms with Crippen LogP contribution in [-0.2, 0) is 0 Å². The van der Waals surface area contributed by atoms with Gasteiger partial charge >= 0.3 is 0 Å². The maximum Gasteiger partial charge on any atom is 0.129 e. The summed E-state index contributed by atoms with van der Waals surface area (Å²) in [6.07, 6.45) is 1.78. The van der Waals surface area contributed by atoms with Gasteiger partial charge in [0.05, 0.1) is 0 Å². The molecule has 0 aliphatic carbocycles. The molecule has 0 atom stereocenters. The molecule has 1 rings (SSSR count).